The molecule has 2 aliphatic rings. The van der Waals surface area contributed by atoms with E-state index in [-0.39, 0.29) is 23.7 Å². The van der Waals surface area contributed by atoms with Crippen LogP contribution >= 0.6 is 0 Å². The van der Waals surface area contributed by atoms with E-state index in [0.29, 0.717) is 43.7 Å². The van der Waals surface area contributed by atoms with Gasteiger partial charge in [-0.1, -0.05) is 0 Å². The number of hydrogen-bond donors (Lipinski definition) is 0. The lowest BCUT2D eigenvalue weighted by molar-refractivity contribution is -0.140. The van der Waals surface area contributed by atoms with Crippen molar-refractivity contribution in [3.05, 3.63) is 48.4 Å². The quantitative estimate of drug-likeness (QED) is 0.600. The zero-order valence-corrected chi connectivity index (χ0v) is 15.5. The highest BCUT2D eigenvalue weighted by Gasteiger charge is 2.29. The van der Waals surface area contributed by atoms with Crippen LogP contribution in [-0.4, -0.2) is 42.3 Å². The molecule has 2 amide bonds. The smallest absolute Gasteiger partial charge is 0.314 e. The van der Waals surface area contributed by atoms with Crippen molar-refractivity contribution in [2.45, 2.75) is 25.7 Å². The third kappa shape index (κ3) is 3.78. The number of carbonyl (C=O) groups is 3. The molecule has 1 aromatic carbocycles. The van der Waals surface area contributed by atoms with Crippen LogP contribution in [0.25, 0.3) is 0 Å². The Labute approximate surface area is 162 Å². The first kappa shape index (κ1) is 18.3. The molecule has 0 radical (unpaired) electrons. The highest BCUT2D eigenvalue weighted by molar-refractivity contribution is 5.95. The standard InChI is InChI=1S/C21H22N2O5/c24-19-2-1-10-23(19)17-3-5-18(6-4-17)28-21(26)15-7-11-22(12-8-15)20(25)16-9-13-27-14-16/h3-6,9,13-15H,1-2,7-8,10-12H2. The summed E-state index contributed by atoms with van der Waals surface area (Å²) in [6.07, 6.45) is 5.51. The van der Waals surface area contributed by atoms with Gasteiger partial charge in [0.25, 0.3) is 5.91 Å². The molecule has 0 saturated carbocycles. The summed E-state index contributed by atoms with van der Waals surface area (Å²) in [4.78, 5) is 40.1. The summed E-state index contributed by atoms with van der Waals surface area (Å²) in [6.45, 7) is 1.76. The molecule has 7 heteroatoms. The van der Waals surface area contributed by atoms with Crippen molar-refractivity contribution < 1.29 is 23.5 Å². The van der Waals surface area contributed by atoms with E-state index in [0.717, 1.165) is 18.7 Å². The summed E-state index contributed by atoms with van der Waals surface area (Å²) >= 11 is 0. The number of likely N-dealkylation sites (tertiary alicyclic amines) is 1. The predicted molar refractivity (Wildman–Crippen MR) is 101 cm³/mol. The molecule has 1 aromatic heterocycles. The zero-order chi connectivity index (χ0) is 19.5. The molecular weight excluding hydrogens is 360 g/mol. The van der Waals surface area contributed by atoms with Crippen LogP contribution in [0.2, 0.25) is 0 Å². The van der Waals surface area contributed by atoms with Crippen LogP contribution in [0.4, 0.5) is 5.69 Å². The van der Waals surface area contributed by atoms with Gasteiger partial charge in [-0.2, -0.15) is 0 Å². The summed E-state index contributed by atoms with van der Waals surface area (Å²) in [5.74, 6) is 0.0139. The number of amides is 2. The van der Waals surface area contributed by atoms with Crippen molar-refractivity contribution >= 4 is 23.5 Å². The van der Waals surface area contributed by atoms with E-state index in [1.165, 1.54) is 12.5 Å². The lowest BCUT2D eigenvalue weighted by Gasteiger charge is -2.30. The van der Waals surface area contributed by atoms with E-state index in [2.05, 4.69) is 0 Å². The maximum Gasteiger partial charge on any atom is 0.314 e. The minimum Gasteiger partial charge on any atom is -0.472 e. The van der Waals surface area contributed by atoms with Gasteiger partial charge in [0, 0.05) is 31.7 Å². The van der Waals surface area contributed by atoms with Gasteiger partial charge in [-0.3, -0.25) is 14.4 Å². The van der Waals surface area contributed by atoms with Gasteiger partial charge in [-0.15, -0.1) is 0 Å². The third-order valence-corrected chi connectivity index (χ3v) is 5.32. The van der Waals surface area contributed by atoms with Gasteiger partial charge in [0.15, 0.2) is 0 Å². The fourth-order valence-electron chi connectivity index (χ4n) is 3.70. The fourth-order valence-corrected chi connectivity index (χ4v) is 3.70. The second-order valence-electron chi connectivity index (χ2n) is 7.14. The third-order valence-electron chi connectivity index (χ3n) is 5.32. The van der Waals surface area contributed by atoms with Crippen molar-refractivity contribution in [1.29, 1.82) is 0 Å². The van der Waals surface area contributed by atoms with Gasteiger partial charge in [-0.25, -0.2) is 0 Å². The first-order valence-electron chi connectivity index (χ1n) is 9.55. The first-order valence-corrected chi connectivity index (χ1v) is 9.55. The van der Waals surface area contributed by atoms with Crippen molar-refractivity contribution in [3.8, 4) is 5.75 Å². The Bertz CT molecular complexity index is 851. The van der Waals surface area contributed by atoms with Gasteiger partial charge in [-0.05, 0) is 49.6 Å². The minimum atomic E-state index is -0.277. The number of piperidine rings is 1. The number of hydrogen-bond acceptors (Lipinski definition) is 5. The predicted octanol–water partition coefficient (Wildman–Crippen LogP) is 2.86. The normalized spacial score (nSPS) is 17.8. The second-order valence-corrected chi connectivity index (χ2v) is 7.14. The molecule has 2 aliphatic heterocycles. The number of nitrogens with zero attached hydrogens (tertiary/aromatic N) is 2. The Morgan fingerprint density at radius 2 is 1.79 bits per heavy atom. The van der Waals surface area contributed by atoms with Crippen LogP contribution in [0.1, 0.15) is 36.0 Å². The molecule has 0 bridgehead atoms. The summed E-state index contributed by atoms with van der Waals surface area (Å²) in [6, 6.07) is 8.69. The van der Waals surface area contributed by atoms with Crippen molar-refractivity contribution in [2.75, 3.05) is 24.5 Å². The highest BCUT2D eigenvalue weighted by Crippen LogP contribution is 2.26. The maximum absolute atomic E-state index is 12.5. The average Bonchev–Trinajstić information content (AvgIpc) is 3.40. The number of esters is 1. The first-order chi connectivity index (χ1) is 13.6. The van der Waals surface area contributed by atoms with E-state index in [9.17, 15) is 14.4 Å². The summed E-state index contributed by atoms with van der Waals surface area (Å²) in [7, 11) is 0. The lowest BCUT2D eigenvalue weighted by atomic mass is 9.96. The molecule has 2 saturated heterocycles. The van der Waals surface area contributed by atoms with Gasteiger partial charge in [0.1, 0.15) is 12.0 Å². The van der Waals surface area contributed by atoms with Crippen molar-refractivity contribution in [1.82, 2.24) is 4.90 Å². The molecule has 0 spiro atoms. The largest absolute Gasteiger partial charge is 0.472 e. The minimum absolute atomic E-state index is 0.0763. The lowest BCUT2D eigenvalue weighted by Crippen LogP contribution is -2.41. The van der Waals surface area contributed by atoms with Crippen molar-refractivity contribution in [3.63, 3.8) is 0 Å². The molecule has 2 aromatic rings. The van der Waals surface area contributed by atoms with E-state index in [1.54, 1.807) is 40.1 Å². The molecule has 0 N–H and O–H groups in total. The molecule has 7 nitrogen and oxygen atoms in total. The topological polar surface area (TPSA) is 80.1 Å². The van der Waals surface area contributed by atoms with Crippen LogP contribution in [0, 0.1) is 5.92 Å². The van der Waals surface area contributed by atoms with Crippen molar-refractivity contribution in [2.24, 2.45) is 5.92 Å². The molecule has 0 unspecified atom stereocenters. The van der Waals surface area contributed by atoms with Gasteiger partial charge >= 0.3 is 5.97 Å². The Kier molecular flexibility index (Phi) is 5.14. The summed E-state index contributed by atoms with van der Waals surface area (Å²) in [5.41, 5.74) is 1.35. The van der Waals surface area contributed by atoms with E-state index < -0.39 is 0 Å². The number of carbonyl (C=O) groups excluding carboxylic acids is 3. The number of ether oxygens (including phenoxy) is 1. The molecule has 28 heavy (non-hydrogen) atoms. The van der Waals surface area contributed by atoms with Crippen LogP contribution in [0.3, 0.4) is 0 Å². The molecular formula is C21H22N2O5. The molecule has 3 heterocycles. The van der Waals surface area contributed by atoms with Crippen LogP contribution in [-0.2, 0) is 9.59 Å². The highest BCUT2D eigenvalue weighted by atomic mass is 16.5. The number of rotatable bonds is 4. The summed E-state index contributed by atoms with van der Waals surface area (Å²) in [5, 5.41) is 0. The molecule has 0 atom stereocenters. The van der Waals surface area contributed by atoms with Crippen LogP contribution < -0.4 is 9.64 Å². The molecule has 4 rings (SSSR count). The number of furan rings is 1. The fraction of sp³-hybridized carbons (Fsp3) is 0.381. The second kappa shape index (κ2) is 7.88. The summed E-state index contributed by atoms with van der Waals surface area (Å²) < 4.78 is 10.5. The van der Waals surface area contributed by atoms with E-state index in [4.69, 9.17) is 9.15 Å². The monoisotopic (exact) mass is 382 g/mol. The number of benzene rings is 1. The van der Waals surface area contributed by atoms with Gasteiger partial charge < -0.3 is 19.0 Å². The SMILES string of the molecule is O=C(Oc1ccc(N2CCCC2=O)cc1)C1CCN(C(=O)c2ccoc2)CC1. The van der Waals surface area contributed by atoms with Crippen LogP contribution in [0.5, 0.6) is 5.75 Å². The number of anilines is 1. The van der Waals surface area contributed by atoms with E-state index in [1.807, 2.05) is 0 Å². The van der Waals surface area contributed by atoms with Gasteiger partial charge in [0.05, 0.1) is 17.7 Å². The zero-order valence-electron chi connectivity index (χ0n) is 15.5. The molecule has 146 valence electrons. The average molecular weight is 382 g/mol. The van der Waals surface area contributed by atoms with E-state index >= 15 is 0 Å². The maximum atomic E-state index is 12.5. The molecule has 2 fully saturated rings. The Morgan fingerprint density at radius 3 is 2.39 bits per heavy atom. The molecule has 0 aliphatic carbocycles. The Balaban J connectivity index is 1.30. The van der Waals surface area contributed by atoms with Crippen LogP contribution in [0.15, 0.2) is 47.3 Å². The van der Waals surface area contributed by atoms with Gasteiger partial charge in [0.2, 0.25) is 5.91 Å². The Hall–Kier alpha value is -3.09. The Morgan fingerprint density at radius 1 is 1.04 bits per heavy atom.